The van der Waals surface area contributed by atoms with Crippen LogP contribution in [0.25, 0.3) is 10.8 Å². The van der Waals surface area contributed by atoms with Crippen LogP contribution >= 0.6 is 0 Å². The van der Waals surface area contributed by atoms with Crippen LogP contribution in [0.15, 0.2) is 49.1 Å². The van der Waals surface area contributed by atoms with Crippen molar-refractivity contribution in [2.24, 2.45) is 5.73 Å². The first-order valence-electron chi connectivity index (χ1n) is 11.0. The summed E-state index contributed by atoms with van der Waals surface area (Å²) in [6.45, 7) is 12.4. The first kappa shape index (κ1) is 23.9. The molecule has 1 unspecified atom stereocenters. The number of carbonyl (C=O) groups is 1. The van der Waals surface area contributed by atoms with Crippen molar-refractivity contribution in [3.8, 4) is 5.88 Å². The molecule has 1 atom stereocenters. The average Bonchev–Trinajstić information content (AvgIpc) is 3.19. The highest BCUT2D eigenvalue weighted by molar-refractivity contribution is 6.74. The van der Waals surface area contributed by atoms with Gasteiger partial charge in [-0.25, -0.2) is 9.97 Å². The van der Waals surface area contributed by atoms with Gasteiger partial charge in [0.15, 0.2) is 8.32 Å². The second-order valence-electron chi connectivity index (χ2n) is 9.68. The molecular weight excluding hydrogens is 420 g/mol. The smallest absolute Gasteiger partial charge is 0.268 e. The van der Waals surface area contributed by atoms with Gasteiger partial charge in [-0.1, -0.05) is 45.0 Å². The Labute approximate surface area is 191 Å². The van der Waals surface area contributed by atoms with E-state index in [1.165, 1.54) is 0 Å². The van der Waals surface area contributed by atoms with Crippen LogP contribution in [-0.4, -0.2) is 41.5 Å². The van der Waals surface area contributed by atoms with E-state index in [9.17, 15) is 4.79 Å². The molecule has 7 nitrogen and oxygen atoms in total. The molecule has 3 aromatic rings. The van der Waals surface area contributed by atoms with Gasteiger partial charge >= 0.3 is 0 Å². The van der Waals surface area contributed by atoms with Gasteiger partial charge in [-0.15, -0.1) is 0 Å². The number of benzene rings is 1. The minimum atomic E-state index is -1.97. The highest BCUT2D eigenvalue weighted by atomic mass is 28.4. The zero-order chi connectivity index (χ0) is 23.4. The van der Waals surface area contributed by atoms with Gasteiger partial charge in [0.2, 0.25) is 5.88 Å². The molecule has 1 amide bonds. The molecule has 0 spiro atoms. The van der Waals surface area contributed by atoms with E-state index in [1.807, 2.05) is 35.0 Å². The van der Waals surface area contributed by atoms with Crippen molar-refractivity contribution in [3.05, 3.63) is 54.7 Å². The van der Waals surface area contributed by atoms with Gasteiger partial charge in [-0.3, -0.25) is 4.79 Å². The third-order valence-corrected chi connectivity index (χ3v) is 10.6. The number of aromatic nitrogens is 3. The second-order valence-corrected chi connectivity index (χ2v) is 14.4. The molecule has 3 rings (SSSR count). The molecule has 0 fully saturated rings. The summed E-state index contributed by atoms with van der Waals surface area (Å²) in [7, 11) is -1.97. The Balaban J connectivity index is 1.62. The van der Waals surface area contributed by atoms with Crippen molar-refractivity contribution in [2.75, 3.05) is 6.61 Å². The van der Waals surface area contributed by atoms with Crippen LogP contribution in [0, 0.1) is 0 Å². The first-order chi connectivity index (χ1) is 15.0. The van der Waals surface area contributed by atoms with E-state index < -0.39 is 14.2 Å². The third kappa shape index (κ3) is 6.17. The molecule has 0 bridgehead atoms. The molecule has 2 N–H and O–H groups in total. The predicted octanol–water partition coefficient (Wildman–Crippen LogP) is 4.78. The number of hydrogen-bond donors (Lipinski definition) is 1. The topological polar surface area (TPSA) is 92.3 Å². The standard InChI is InChI=1S/C24H34N4O3Si/c1-24(2,3)32(4,5)31-20(15-28-16-21(23(25)29)27-17-28)11-8-12-30-22-13-18-9-6-7-10-19(18)14-26-22/h6-7,9-10,13-14,16-17,20H,8,11-12,15H2,1-5H3,(H2,25,29). The summed E-state index contributed by atoms with van der Waals surface area (Å²) >= 11 is 0. The Morgan fingerprint density at radius 3 is 2.56 bits per heavy atom. The number of primary amides is 1. The number of imidazole rings is 1. The zero-order valence-electron chi connectivity index (χ0n) is 19.7. The number of nitrogens with two attached hydrogens (primary N) is 1. The fourth-order valence-corrected chi connectivity index (χ4v) is 4.61. The van der Waals surface area contributed by atoms with Crippen LogP contribution in [0.3, 0.4) is 0 Å². The van der Waals surface area contributed by atoms with Crippen LogP contribution in [0.4, 0.5) is 0 Å². The van der Waals surface area contributed by atoms with E-state index >= 15 is 0 Å². The van der Waals surface area contributed by atoms with Crippen molar-refractivity contribution < 1.29 is 14.0 Å². The molecule has 0 saturated heterocycles. The summed E-state index contributed by atoms with van der Waals surface area (Å²) in [5.41, 5.74) is 5.61. The molecular formula is C24H34N4O3Si. The van der Waals surface area contributed by atoms with E-state index in [0.717, 1.165) is 23.6 Å². The number of fused-ring (bicyclic) bond motifs is 1. The van der Waals surface area contributed by atoms with Gasteiger partial charge < -0.3 is 19.5 Å². The largest absolute Gasteiger partial charge is 0.478 e. The maximum Gasteiger partial charge on any atom is 0.268 e. The number of pyridine rings is 1. The van der Waals surface area contributed by atoms with Crippen molar-refractivity contribution in [1.82, 2.24) is 14.5 Å². The molecule has 172 valence electrons. The Kier molecular flexibility index (Phi) is 7.35. The van der Waals surface area contributed by atoms with Crippen LogP contribution < -0.4 is 10.5 Å². The van der Waals surface area contributed by atoms with E-state index in [4.69, 9.17) is 14.9 Å². The van der Waals surface area contributed by atoms with Crippen LogP contribution in [0.2, 0.25) is 18.1 Å². The molecule has 1 aromatic carbocycles. The van der Waals surface area contributed by atoms with Gasteiger partial charge in [0.1, 0.15) is 5.69 Å². The number of rotatable bonds is 10. The summed E-state index contributed by atoms with van der Waals surface area (Å²) in [5.74, 6) is 0.105. The van der Waals surface area contributed by atoms with Gasteiger partial charge in [-0.2, -0.15) is 0 Å². The van der Waals surface area contributed by atoms with Crippen LogP contribution in [0.1, 0.15) is 44.1 Å². The molecule has 32 heavy (non-hydrogen) atoms. The molecule has 8 heteroatoms. The number of nitrogens with zero attached hydrogens (tertiary/aromatic N) is 3. The molecule has 2 aromatic heterocycles. The minimum Gasteiger partial charge on any atom is -0.478 e. The van der Waals surface area contributed by atoms with Crippen LogP contribution in [0.5, 0.6) is 5.88 Å². The Morgan fingerprint density at radius 1 is 1.19 bits per heavy atom. The monoisotopic (exact) mass is 454 g/mol. The molecule has 0 saturated carbocycles. The second kappa shape index (κ2) is 9.83. The maximum atomic E-state index is 11.4. The summed E-state index contributed by atoms with van der Waals surface area (Å²) in [6.07, 6.45) is 6.79. The maximum absolute atomic E-state index is 11.4. The van der Waals surface area contributed by atoms with E-state index in [2.05, 4.69) is 49.9 Å². The van der Waals surface area contributed by atoms with Gasteiger partial charge in [-0.05, 0) is 36.4 Å². The lowest BCUT2D eigenvalue weighted by molar-refractivity contribution is 0.0995. The molecule has 2 heterocycles. The van der Waals surface area contributed by atoms with Gasteiger partial charge in [0.05, 0.1) is 19.0 Å². The van der Waals surface area contributed by atoms with Crippen molar-refractivity contribution in [1.29, 1.82) is 0 Å². The zero-order valence-corrected chi connectivity index (χ0v) is 20.7. The van der Waals surface area contributed by atoms with E-state index in [1.54, 1.807) is 12.5 Å². The number of ether oxygens (including phenoxy) is 1. The number of hydrogen-bond acceptors (Lipinski definition) is 5. The van der Waals surface area contributed by atoms with E-state index in [-0.39, 0.29) is 16.8 Å². The molecule has 0 radical (unpaired) electrons. The fraction of sp³-hybridized carbons (Fsp3) is 0.458. The normalized spacial score (nSPS) is 13.3. The predicted molar refractivity (Wildman–Crippen MR) is 129 cm³/mol. The molecule has 0 aliphatic carbocycles. The number of carbonyl (C=O) groups excluding carboxylic acids is 1. The highest BCUT2D eigenvalue weighted by Crippen LogP contribution is 2.38. The Bertz CT molecular complexity index is 1060. The van der Waals surface area contributed by atoms with E-state index in [0.29, 0.717) is 19.0 Å². The molecule has 0 aliphatic heterocycles. The summed E-state index contributed by atoms with van der Waals surface area (Å²) < 4.78 is 14.5. The SMILES string of the molecule is CC(C)(C)[Si](C)(C)OC(CCCOc1cc2ccccc2cn1)Cn1cnc(C(N)=O)c1. The summed E-state index contributed by atoms with van der Waals surface area (Å²) in [6, 6.07) is 10.1. The first-order valence-corrected chi connectivity index (χ1v) is 13.9. The fourth-order valence-electron chi connectivity index (χ4n) is 3.23. The Hall–Kier alpha value is -2.71. The van der Waals surface area contributed by atoms with Crippen LogP contribution in [-0.2, 0) is 11.0 Å². The quantitative estimate of drug-likeness (QED) is 0.351. The average molecular weight is 455 g/mol. The number of amides is 1. The van der Waals surface area contributed by atoms with Crippen molar-refractivity contribution in [3.63, 3.8) is 0 Å². The highest BCUT2D eigenvalue weighted by Gasteiger charge is 2.39. The lowest BCUT2D eigenvalue weighted by atomic mass is 10.2. The lowest BCUT2D eigenvalue weighted by Gasteiger charge is -2.39. The summed E-state index contributed by atoms with van der Waals surface area (Å²) in [4.78, 5) is 19.9. The van der Waals surface area contributed by atoms with Crippen molar-refractivity contribution in [2.45, 2.75) is 64.4 Å². The summed E-state index contributed by atoms with van der Waals surface area (Å²) in [5, 5.41) is 2.31. The van der Waals surface area contributed by atoms with Gasteiger partial charge in [0, 0.05) is 30.4 Å². The molecule has 0 aliphatic rings. The lowest BCUT2D eigenvalue weighted by Crippen LogP contribution is -2.45. The van der Waals surface area contributed by atoms with Gasteiger partial charge in [0.25, 0.3) is 5.91 Å². The Morgan fingerprint density at radius 2 is 1.91 bits per heavy atom. The third-order valence-electron chi connectivity index (χ3n) is 6.09. The minimum absolute atomic E-state index is 0.0148. The van der Waals surface area contributed by atoms with Crippen molar-refractivity contribution >= 4 is 25.0 Å².